The zero-order valence-electron chi connectivity index (χ0n) is 15.4. The molecule has 0 fully saturated rings. The van der Waals surface area contributed by atoms with E-state index < -0.39 is 17.9 Å². The molecule has 4 nitrogen and oxygen atoms in total. The summed E-state index contributed by atoms with van der Waals surface area (Å²) in [5.41, 5.74) is 2.03. The minimum atomic E-state index is -0.949. The topological polar surface area (TPSA) is 49.8 Å². The van der Waals surface area contributed by atoms with Crippen LogP contribution in [0.2, 0.25) is 0 Å². The molecule has 1 aliphatic heterocycles. The van der Waals surface area contributed by atoms with Gasteiger partial charge in [-0.3, -0.25) is 4.90 Å². The van der Waals surface area contributed by atoms with Crippen molar-refractivity contribution in [1.82, 2.24) is 4.90 Å². The Balaban J connectivity index is 2.02. The molecule has 136 valence electrons. The van der Waals surface area contributed by atoms with Crippen LogP contribution >= 0.6 is 0 Å². The predicted octanol–water partition coefficient (Wildman–Crippen LogP) is 4.77. The highest BCUT2D eigenvalue weighted by atomic mass is 16.6. The average molecular weight is 351 g/mol. The lowest BCUT2D eigenvalue weighted by Crippen LogP contribution is -2.44. The summed E-state index contributed by atoms with van der Waals surface area (Å²) < 4.78 is 5.53. The SMILES string of the molecule is CC(C)(C)OC(=O)N1C(c2ccccc2)=C[C@H](c2ccccc2)C[C@H]1O. The largest absolute Gasteiger partial charge is 0.443 e. The molecule has 1 heterocycles. The minimum Gasteiger partial charge on any atom is -0.443 e. The van der Waals surface area contributed by atoms with E-state index in [4.69, 9.17) is 4.74 Å². The van der Waals surface area contributed by atoms with Crippen LogP contribution in [0.5, 0.6) is 0 Å². The summed E-state index contributed by atoms with van der Waals surface area (Å²) >= 11 is 0. The van der Waals surface area contributed by atoms with Gasteiger partial charge in [0, 0.05) is 12.3 Å². The maximum Gasteiger partial charge on any atom is 0.416 e. The van der Waals surface area contributed by atoms with Crippen molar-refractivity contribution in [3.05, 3.63) is 77.9 Å². The molecule has 1 aliphatic rings. The van der Waals surface area contributed by atoms with Gasteiger partial charge in [-0.25, -0.2) is 4.79 Å². The second kappa shape index (κ2) is 7.34. The third-order valence-electron chi connectivity index (χ3n) is 4.27. The van der Waals surface area contributed by atoms with Crippen molar-refractivity contribution in [3.63, 3.8) is 0 Å². The van der Waals surface area contributed by atoms with E-state index in [-0.39, 0.29) is 5.92 Å². The summed E-state index contributed by atoms with van der Waals surface area (Å²) in [6.07, 6.45) is 0.989. The summed E-state index contributed by atoms with van der Waals surface area (Å²) in [4.78, 5) is 14.1. The molecule has 0 aromatic heterocycles. The van der Waals surface area contributed by atoms with E-state index in [9.17, 15) is 9.90 Å². The summed E-state index contributed by atoms with van der Waals surface area (Å²) in [7, 11) is 0. The molecule has 3 rings (SSSR count). The molecule has 2 atom stereocenters. The Morgan fingerprint density at radius 2 is 1.62 bits per heavy atom. The smallest absolute Gasteiger partial charge is 0.416 e. The average Bonchev–Trinajstić information content (AvgIpc) is 2.61. The number of nitrogens with zero attached hydrogens (tertiary/aromatic N) is 1. The second-order valence-corrected chi connectivity index (χ2v) is 7.50. The van der Waals surface area contributed by atoms with Crippen LogP contribution in [0.15, 0.2) is 66.7 Å². The van der Waals surface area contributed by atoms with E-state index >= 15 is 0 Å². The molecule has 0 radical (unpaired) electrons. The van der Waals surface area contributed by atoms with Gasteiger partial charge in [0.25, 0.3) is 0 Å². The zero-order valence-corrected chi connectivity index (χ0v) is 15.4. The van der Waals surface area contributed by atoms with Crippen molar-refractivity contribution in [3.8, 4) is 0 Å². The monoisotopic (exact) mass is 351 g/mol. The van der Waals surface area contributed by atoms with Gasteiger partial charge in [0.2, 0.25) is 0 Å². The highest BCUT2D eigenvalue weighted by Crippen LogP contribution is 2.37. The lowest BCUT2D eigenvalue weighted by atomic mass is 9.89. The molecule has 0 saturated heterocycles. The maximum atomic E-state index is 12.8. The second-order valence-electron chi connectivity index (χ2n) is 7.50. The normalized spacial score (nSPS) is 20.5. The summed E-state index contributed by atoms with van der Waals surface area (Å²) in [6.45, 7) is 5.46. The van der Waals surface area contributed by atoms with Gasteiger partial charge in [-0.1, -0.05) is 66.7 Å². The van der Waals surface area contributed by atoms with Crippen LogP contribution in [0.1, 0.15) is 44.2 Å². The number of carbonyl (C=O) groups is 1. The minimum absolute atomic E-state index is 0.0279. The van der Waals surface area contributed by atoms with E-state index in [1.165, 1.54) is 4.90 Å². The number of ether oxygens (including phenoxy) is 1. The fourth-order valence-electron chi connectivity index (χ4n) is 3.14. The third kappa shape index (κ3) is 4.14. The molecule has 0 unspecified atom stereocenters. The highest BCUT2D eigenvalue weighted by Gasteiger charge is 2.36. The van der Waals surface area contributed by atoms with Crippen LogP contribution in [-0.4, -0.2) is 27.9 Å². The summed E-state index contributed by atoms with van der Waals surface area (Å²) in [5, 5.41) is 10.8. The van der Waals surface area contributed by atoms with E-state index in [2.05, 4.69) is 0 Å². The Kier molecular flexibility index (Phi) is 5.14. The molecule has 26 heavy (non-hydrogen) atoms. The molecular formula is C22H25NO3. The molecule has 2 aromatic carbocycles. The van der Waals surface area contributed by atoms with E-state index in [0.29, 0.717) is 12.1 Å². The molecule has 1 N–H and O–H groups in total. The van der Waals surface area contributed by atoms with Crippen molar-refractivity contribution in [2.45, 2.75) is 44.9 Å². The molecule has 1 amide bonds. The number of aliphatic hydroxyl groups is 1. The van der Waals surface area contributed by atoms with Crippen LogP contribution in [0.4, 0.5) is 4.79 Å². The van der Waals surface area contributed by atoms with Crippen LogP contribution in [0.25, 0.3) is 5.70 Å². The first-order valence-electron chi connectivity index (χ1n) is 8.87. The number of carbonyl (C=O) groups excluding carboxylic acids is 1. The Morgan fingerprint density at radius 1 is 1.04 bits per heavy atom. The van der Waals surface area contributed by atoms with Gasteiger partial charge in [-0.2, -0.15) is 0 Å². The number of hydrogen-bond donors (Lipinski definition) is 1. The van der Waals surface area contributed by atoms with Crippen molar-refractivity contribution in [2.24, 2.45) is 0 Å². The van der Waals surface area contributed by atoms with Gasteiger partial charge in [0.15, 0.2) is 0 Å². The standard InChI is InChI=1S/C22H25NO3/c1-22(2,3)26-21(25)23-19(17-12-8-5-9-13-17)14-18(15-20(23)24)16-10-6-4-7-11-16/h4-14,18,20,24H,15H2,1-3H3/t18-,20+/m0/s1. The quantitative estimate of drug-likeness (QED) is 0.848. The number of allylic oxidation sites excluding steroid dienone is 1. The Labute approximate surface area is 154 Å². The molecule has 0 bridgehead atoms. The van der Waals surface area contributed by atoms with Gasteiger partial charge in [-0.05, 0) is 31.9 Å². The van der Waals surface area contributed by atoms with Gasteiger partial charge in [0.1, 0.15) is 11.8 Å². The van der Waals surface area contributed by atoms with Crippen molar-refractivity contribution >= 4 is 11.8 Å². The zero-order chi connectivity index (χ0) is 18.7. The lowest BCUT2D eigenvalue weighted by molar-refractivity contribution is -0.0134. The van der Waals surface area contributed by atoms with E-state index in [0.717, 1.165) is 11.1 Å². The number of rotatable bonds is 2. The van der Waals surface area contributed by atoms with Gasteiger partial charge < -0.3 is 9.84 Å². The van der Waals surface area contributed by atoms with Crippen LogP contribution in [0.3, 0.4) is 0 Å². The molecular weight excluding hydrogens is 326 g/mol. The highest BCUT2D eigenvalue weighted by molar-refractivity contribution is 5.83. The summed E-state index contributed by atoms with van der Waals surface area (Å²) in [5.74, 6) is 0.0279. The fraction of sp³-hybridized carbons (Fsp3) is 0.318. The molecule has 0 aliphatic carbocycles. The predicted molar refractivity (Wildman–Crippen MR) is 102 cm³/mol. The molecule has 0 saturated carbocycles. The summed E-state index contributed by atoms with van der Waals surface area (Å²) in [6, 6.07) is 19.7. The van der Waals surface area contributed by atoms with E-state index in [1.54, 1.807) is 0 Å². The van der Waals surface area contributed by atoms with E-state index in [1.807, 2.05) is 87.5 Å². The van der Waals surface area contributed by atoms with Gasteiger partial charge in [-0.15, -0.1) is 0 Å². The number of amides is 1. The molecule has 0 spiro atoms. The molecule has 2 aromatic rings. The van der Waals surface area contributed by atoms with Gasteiger partial charge in [0.05, 0.1) is 5.70 Å². The Morgan fingerprint density at radius 3 is 2.19 bits per heavy atom. The maximum absolute atomic E-state index is 12.8. The van der Waals surface area contributed by atoms with Crippen LogP contribution < -0.4 is 0 Å². The van der Waals surface area contributed by atoms with Crippen molar-refractivity contribution < 1.29 is 14.6 Å². The first-order chi connectivity index (χ1) is 12.3. The Bertz CT molecular complexity index is 778. The number of hydrogen-bond acceptors (Lipinski definition) is 3. The van der Waals surface area contributed by atoms with Crippen LogP contribution in [-0.2, 0) is 4.74 Å². The Hall–Kier alpha value is -2.59. The lowest BCUT2D eigenvalue weighted by Gasteiger charge is -2.37. The first-order valence-corrected chi connectivity index (χ1v) is 8.87. The first kappa shape index (κ1) is 18.2. The number of aliphatic hydroxyl groups excluding tert-OH is 1. The molecule has 4 heteroatoms. The fourth-order valence-corrected chi connectivity index (χ4v) is 3.14. The van der Waals surface area contributed by atoms with Crippen molar-refractivity contribution in [2.75, 3.05) is 0 Å². The van der Waals surface area contributed by atoms with Crippen molar-refractivity contribution in [1.29, 1.82) is 0 Å². The van der Waals surface area contributed by atoms with Gasteiger partial charge >= 0.3 is 6.09 Å². The number of benzene rings is 2. The third-order valence-corrected chi connectivity index (χ3v) is 4.27. The van der Waals surface area contributed by atoms with Crippen LogP contribution in [0, 0.1) is 0 Å².